The van der Waals surface area contributed by atoms with Crippen LogP contribution < -0.4 is 15.1 Å². The summed E-state index contributed by atoms with van der Waals surface area (Å²) < 4.78 is 39.3. The van der Waals surface area contributed by atoms with Gasteiger partial charge in [-0.3, -0.25) is 9.48 Å². The van der Waals surface area contributed by atoms with E-state index in [4.69, 9.17) is 14.6 Å². The highest BCUT2D eigenvalue weighted by molar-refractivity contribution is 5.92. The highest BCUT2D eigenvalue weighted by Crippen LogP contribution is 2.35. The summed E-state index contributed by atoms with van der Waals surface area (Å²) in [5.41, 5.74) is 0.565. The summed E-state index contributed by atoms with van der Waals surface area (Å²) in [7, 11) is 5.70. The Morgan fingerprint density at radius 1 is 1.29 bits per heavy atom. The summed E-state index contributed by atoms with van der Waals surface area (Å²) in [4.78, 5) is 34.1. The average Bonchev–Trinajstić information content (AvgIpc) is 3.48. The molecule has 0 bridgehead atoms. The molecule has 2 fully saturated rings. The number of hydrogen-bond acceptors (Lipinski definition) is 8. The van der Waals surface area contributed by atoms with Gasteiger partial charge in [-0.05, 0) is 6.07 Å². The van der Waals surface area contributed by atoms with Gasteiger partial charge < -0.3 is 25.0 Å². The van der Waals surface area contributed by atoms with Crippen molar-refractivity contribution >= 4 is 23.5 Å². The highest BCUT2D eigenvalue weighted by Gasteiger charge is 2.44. The lowest BCUT2D eigenvalue weighted by Crippen LogP contribution is -2.35. The number of amides is 1. The zero-order valence-electron chi connectivity index (χ0n) is 18.9. The molecule has 2 aliphatic rings. The van der Waals surface area contributed by atoms with E-state index in [0.29, 0.717) is 30.7 Å². The number of anilines is 2. The van der Waals surface area contributed by atoms with E-state index in [0.717, 1.165) is 24.7 Å². The predicted molar refractivity (Wildman–Crippen MR) is 115 cm³/mol. The van der Waals surface area contributed by atoms with Crippen LogP contribution in [0.1, 0.15) is 10.5 Å². The number of halogens is 3. The molecule has 2 N–H and O–H groups in total. The number of aromatic nitrogens is 4. The van der Waals surface area contributed by atoms with Crippen molar-refractivity contribution in [3.8, 4) is 0 Å². The minimum Gasteiger partial charge on any atom is -0.475 e. The van der Waals surface area contributed by atoms with Crippen LogP contribution in [0.15, 0.2) is 24.7 Å². The van der Waals surface area contributed by atoms with Crippen LogP contribution in [0.2, 0.25) is 0 Å². The molecule has 11 nitrogen and oxygen atoms in total. The van der Waals surface area contributed by atoms with Gasteiger partial charge >= 0.3 is 12.1 Å². The highest BCUT2D eigenvalue weighted by atomic mass is 19.4. The maximum absolute atomic E-state index is 12.3. The number of hydrogen-bond donors (Lipinski definition) is 2. The second-order valence-corrected chi connectivity index (χ2v) is 8.18. The maximum atomic E-state index is 12.3. The number of nitrogens with zero attached hydrogens (tertiary/aromatic N) is 6. The third-order valence-electron chi connectivity index (χ3n) is 5.68. The van der Waals surface area contributed by atoms with Gasteiger partial charge in [0, 0.05) is 64.9 Å². The molecular weight excluding hydrogens is 459 g/mol. The number of carboxylic acid groups (broad SMARTS) is 1. The van der Waals surface area contributed by atoms with Gasteiger partial charge in [-0.2, -0.15) is 18.3 Å². The van der Waals surface area contributed by atoms with E-state index >= 15 is 0 Å². The van der Waals surface area contributed by atoms with Crippen LogP contribution in [-0.2, 0) is 16.6 Å². The molecule has 0 radical (unpaired) electrons. The zero-order valence-corrected chi connectivity index (χ0v) is 18.9. The van der Waals surface area contributed by atoms with E-state index in [1.165, 1.54) is 0 Å². The summed E-state index contributed by atoms with van der Waals surface area (Å²) in [6.45, 7) is 2.98. The second kappa shape index (κ2) is 10.2. The first kappa shape index (κ1) is 25.2. The smallest absolute Gasteiger partial charge is 0.475 e. The lowest BCUT2D eigenvalue weighted by molar-refractivity contribution is -0.192. The Morgan fingerprint density at radius 3 is 2.59 bits per heavy atom. The average molecular weight is 485 g/mol. The molecule has 14 heteroatoms. The zero-order chi connectivity index (χ0) is 25.0. The van der Waals surface area contributed by atoms with Crippen molar-refractivity contribution < 1.29 is 32.6 Å². The van der Waals surface area contributed by atoms with Crippen LogP contribution >= 0.6 is 0 Å². The fourth-order valence-electron chi connectivity index (χ4n) is 3.86. The summed E-state index contributed by atoms with van der Waals surface area (Å²) in [6, 6.07) is 3.72. The number of nitrogens with one attached hydrogen (secondary N) is 1. The van der Waals surface area contributed by atoms with E-state index in [1.54, 1.807) is 30.3 Å². The van der Waals surface area contributed by atoms with Gasteiger partial charge in [-0.25, -0.2) is 14.8 Å². The Hall–Kier alpha value is -3.42. The van der Waals surface area contributed by atoms with Crippen LogP contribution in [0.5, 0.6) is 0 Å². The monoisotopic (exact) mass is 485 g/mol. The standard InChI is InChI=1S/C18H25N7O2.C2HF3O2/c1-23(2)16-6-17(21-11-20-16)25-8-13-12(10-27-15(13)9-25)7-19-18(26)14-4-5-22-24(14)3;3-2(4,5)1(6)7/h4-6,11-13,15H,7-10H2,1-3H3,(H,19,26);(H,6,7)/t12-,13-,15-;/m1./s1. The van der Waals surface area contributed by atoms with Crippen molar-refractivity contribution in [2.75, 3.05) is 50.1 Å². The first-order valence-electron chi connectivity index (χ1n) is 10.4. The van der Waals surface area contributed by atoms with Crippen molar-refractivity contribution in [2.45, 2.75) is 12.3 Å². The third-order valence-corrected chi connectivity index (χ3v) is 5.68. The maximum Gasteiger partial charge on any atom is 0.490 e. The normalized spacial score (nSPS) is 21.5. The molecule has 0 aliphatic carbocycles. The minimum absolute atomic E-state index is 0.0975. The van der Waals surface area contributed by atoms with E-state index in [1.807, 2.05) is 25.1 Å². The van der Waals surface area contributed by atoms with E-state index in [9.17, 15) is 18.0 Å². The molecule has 2 aliphatic heterocycles. The van der Waals surface area contributed by atoms with Crippen molar-refractivity contribution in [1.29, 1.82) is 0 Å². The van der Waals surface area contributed by atoms with Gasteiger partial charge in [0.15, 0.2) is 0 Å². The Balaban J connectivity index is 0.000000406. The molecule has 186 valence electrons. The molecular formula is C20H26F3N7O4. The molecule has 4 rings (SSSR count). The van der Waals surface area contributed by atoms with Crippen LogP contribution in [0.3, 0.4) is 0 Å². The van der Waals surface area contributed by atoms with Crippen molar-refractivity contribution in [3.63, 3.8) is 0 Å². The Labute approximate surface area is 193 Å². The molecule has 3 atom stereocenters. The topological polar surface area (TPSA) is 126 Å². The molecule has 0 spiro atoms. The molecule has 0 aromatic carbocycles. The lowest BCUT2D eigenvalue weighted by atomic mass is 9.93. The number of carboxylic acids is 1. The van der Waals surface area contributed by atoms with E-state index < -0.39 is 12.1 Å². The minimum atomic E-state index is -5.08. The number of aliphatic carboxylic acids is 1. The molecule has 2 aromatic heterocycles. The summed E-state index contributed by atoms with van der Waals surface area (Å²) in [6.07, 6.45) is -1.67. The molecule has 2 aromatic rings. The van der Waals surface area contributed by atoms with Crippen LogP contribution in [0.4, 0.5) is 24.8 Å². The van der Waals surface area contributed by atoms with E-state index in [-0.39, 0.29) is 12.0 Å². The van der Waals surface area contributed by atoms with Crippen molar-refractivity contribution in [3.05, 3.63) is 30.4 Å². The van der Waals surface area contributed by atoms with Gasteiger partial charge in [0.2, 0.25) is 0 Å². The Kier molecular flexibility index (Phi) is 7.59. The van der Waals surface area contributed by atoms with Crippen molar-refractivity contribution in [2.24, 2.45) is 18.9 Å². The van der Waals surface area contributed by atoms with Gasteiger partial charge in [0.25, 0.3) is 5.91 Å². The number of carbonyl (C=O) groups is 2. The molecule has 0 unspecified atom stereocenters. The fraction of sp³-hybridized carbons (Fsp3) is 0.550. The predicted octanol–water partition coefficient (Wildman–Crippen LogP) is 0.791. The van der Waals surface area contributed by atoms with Gasteiger partial charge in [-0.15, -0.1) is 0 Å². The number of carbonyl (C=O) groups excluding carboxylic acids is 1. The summed E-state index contributed by atoms with van der Waals surface area (Å²) in [5, 5.41) is 14.2. The third kappa shape index (κ3) is 5.92. The molecule has 0 saturated carbocycles. The first-order chi connectivity index (χ1) is 16.0. The number of fused-ring (bicyclic) bond motifs is 1. The molecule has 2 saturated heterocycles. The van der Waals surface area contributed by atoms with Gasteiger partial charge in [-0.1, -0.05) is 0 Å². The van der Waals surface area contributed by atoms with Crippen LogP contribution in [0.25, 0.3) is 0 Å². The molecule has 34 heavy (non-hydrogen) atoms. The summed E-state index contributed by atoms with van der Waals surface area (Å²) in [5.74, 6) is -0.364. The van der Waals surface area contributed by atoms with Gasteiger partial charge in [0.05, 0.1) is 12.7 Å². The second-order valence-electron chi connectivity index (χ2n) is 8.18. The quantitative estimate of drug-likeness (QED) is 0.632. The number of ether oxygens (including phenoxy) is 1. The first-order valence-corrected chi connectivity index (χ1v) is 10.4. The Bertz CT molecular complexity index is 1010. The van der Waals surface area contributed by atoms with Crippen LogP contribution in [-0.4, -0.2) is 89.3 Å². The summed E-state index contributed by atoms with van der Waals surface area (Å²) >= 11 is 0. The number of rotatable bonds is 5. The van der Waals surface area contributed by atoms with Crippen LogP contribution in [0, 0.1) is 11.8 Å². The molecule has 4 heterocycles. The fourth-order valence-corrected chi connectivity index (χ4v) is 3.86. The van der Waals surface area contributed by atoms with E-state index in [2.05, 4.69) is 25.3 Å². The van der Waals surface area contributed by atoms with Crippen molar-refractivity contribution in [1.82, 2.24) is 25.1 Å². The SMILES string of the molecule is CN(C)c1cc(N2C[C@@H]3[C@H](CNC(=O)c4ccnn4C)CO[C@@H]3C2)ncn1.O=C(O)C(F)(F)F. The van der Waals surface area contributed by atoms with Gasteiger partial charge in [0.1, 0.15) is 23.7 Å². The lowest BCUT2D eigenvalue weighted by Gasteiger charge is -2.22. The Morgan fingerprint density at radius 2 is 2.00 bits per heavy atom. The largest absolute Gasteiger partial charge is 0.490 e. The number of aryl methyl sites for hydroxylation is 1. The number of alkyl halides is 3. The molecule has 1 amide bonds.